The average Bonchev–Trinajstić information content (AvgIpc) is 3.44. The van der Waals surface area contributed by atoms with Crippen molar-refractivity contribution in [3.8, 4) is 17.0 Å². The number of rotatable bonds is 7. The van der Waals surface area contributed by atoms with Gasteiger partial charge in [0.1, 0.15) is 12.4 Å². The highest BCUT2D eigenvalue weighted by Crippen LogP contribution is 2.21. The summed E-state index contributed by atoms with van der Waals surface area (Å²) >= 11 is 0. The number of carbonyl (C=O) groups is 1. The Bertz CT molecular complexity index is 1070. The number of aryl methyl sites for hydroxylation is 1. The van der Waals surface area contributed by atoms with Crippen molar-refractivity contribution in [2.45, 2.75) is 19.4 Å². The van der Waals surface area contributed by atoms with Crippen molar-refractivity contribution in [3.05, 3.63) is 90.5 Å². The third kappa shape index (κ3) is 4.76. The molecule has 2 heterocycles. The SMILES string of the molecule is O=C(CCc1ncc(-c2ccc(F)cc2)o1)OCc1ccc(-n2cccn2)cc1. The molecule has 0 amide bonds. The fraction of sp³-hybridized carbons (Fsp3) is 0.136. The number of aromatic nitrogens is 3. The summed E-state index contributed by atoms with van der Waals surface area (Å²) in [5, 5.41) is 4.17. The monoisotopic (exact) mass is 391 g/mol. The van der Waals surface area contributed by atoms with E-state index in [0.717, 1.165) is 16.8 Å². The van der Waals surface area contributed by atoms with E-state index >= 15 is 0 Å². The molecule has 0 N–H and O–H groups in total. The average molecular weight is 391 g/mol. The second-order valence-electron chi connectivity index (χ2n) is 6.40. The molecule has 2 aromatic carbocycles. The van der Waals surface area contributed by atoms with Gasteiger partial charge in [-0.1, -0.05) is 12.1 Å². The van der Waals surface area contributed by atoms with Gasteiger partial charge in [-0.05, 0) is 48.0 Å². The standard InChI is InChI=1S/C22H18FN3O3/c23-18-6-4-17(5-7-18)20-14-24-21(29-20)10-11-22(27)28-15-16-2-8-19(9-3-16)26-13-1-12-25-26/h1-9,12-14H,10-11,15H2. The van der Waals surface area contributed by atoms with Gasteiger partial charge in [-0.25, -0.2) is 14.1 Å². The Morgan fingerprint density at radius 3 is 2.62 bits per heavy atom. The summed E-state index contributed by atoms with van der Waals surface area (Å²) in [6.07, 6.45) is 5.63. The number of esters is 1. The van der Waals surface area contributed by atoms with E-state index in [9.17, 15) is 9.18 Å². The van der Waals surface area contributed by atoms with Gasteiger partial charge in [0, 0.05) is 24.4 Å². The number of ether oxygens (including phenoxy) is 1. The van der Waals surface area contributed by atoms with E-state index in [0.29, 0.717) is 18.1 Å². The smallest absolute Gasteiger partial charge is 0.306 e. The Kier molecular flexibility index (Phi) is 5.47. The number of hydrogen-bond donors (Lipinski definition) is 0. The van der Waals surface area contributed by atoms with Crippen molar-refractivity contribution in [1.82, 2.24) is 14.8 Å². The van der Waals surface area contributed by atoms with Crippen LogP contribution >= 0.6 is 0 Å². The van der Waals surface area contributed by atoms with E-state index in [-0.39, 0.29) is 24.8 Å². The van der Waals surface area contributed by atoms with Crippen LogP contribution in [0.25, 0.3) is 17.0 Å². The van der Waals surface area contributed by atoms with E-state index in [4.69, 9.17) is 9.15 Å². The molecular formula is C22H18FN3O3. The van der Waals surface area contributed by atoms with Gasteiger partial charge in [-0.2, -0.15) is 5.10 Å². The van der Waals surface area contributed by atoms with Crippen LogP contribution < -0.4 is 0 Å². The Balaban J connectivity index is 1.25. The van der Waals surface area contributed by atoms with Crippen LogP contribution in [0.5, 0.6) is 0 Å². The van der Waals surface area contributed by atoms with Gasteiger partial charge in [0.15, 0.2) is 11.7 Å². The maximum Gasteiger partial charge on any atom is 0.306 e. The molecule has 0 bridgehead atoms. The summed E-state index contributed by atoms with van der Waals surface area (Å²) in [5.41, 5.74) is 2.56. The summed E-state index contributed by atoms with van der Waals surface area (Å²) in [4.78, 5) is 16.2. The van der Waals surface area contributed by atoms with Crippen molar-refractivity contribution >= 4 is 5.97 Å². The lowest BCUT2D eigenvalue weighted by atomic mass is 10.2. The molecule has 29 heavy (non-hydrogen) atoms. The summed E-state index contributed by atoms with van der Waals surface area (Å²) in [5.74, 6) is 0.324. The summed E-state index contributed by atoms with van der Waals surface area (Å²) in [7, 11) is 0. The van der Waals surface area contributed by atoms with Crippen LogP contribution in [0.3, 0.4) is 0 Å². The second kappa shape index (κ2) is 8.52. The minimum Gasteiger partial charge on any atom is -0.461 e. The molecule has 0 radical (unpaired) electrons. The van der Waals surface area contributed by atoms with Crippen LogP contribution in [0.15, 0.2) is 77.6 Å². The maximum atomic E-state index is 13.0. The number of carbonyl (C=O) groups excluding carboxylic acids is 1. The van der Waals surface area contributed by atoms with Gasteiger partial charge in [0.05, 0.1) is 18.3 Å². The third-order valence-electron chi connectivity index (χ3n) is 4.33. The van der Waals surface area contributed by atoms with Crippen LogP contribution in [0, 0.1) is 5.82 Å². The van der Waals surface area contributed by atoms with E-state index < -0.39 is 0 Å². The summed E-state index contributed by atoms with van der Waals surface area (Å²) < 4.78 is 25.7. The Hall–Kier alpha value is -3.74. The van der Waals surface area contributed by atoms with E-state index in [1.807, 2.05) is 36.5 Å². The number of benzene rings is 2. The number of halogens is 1. The van der Waals surface area contributed by atoms with Crippen LogP contribution in [-0.2, 0) is 22.6 Å². The molecule has 0 saturated heterocycles. The van der Waals surface area contributed by atoms with E-state index in [1.165, 1.54) is 12.1 Å². The molecule has 4 rings (SSSR count). The first-order valence-electron chi connectivity index (χ1n) is 9.12. The van der Waals surface area contributed by atoms with Crippen LogP contribution in [0.1, 0.15) is 17.9 Å². The molecule has 0 aliphatic carbocycles. The predicted molar refractivity (Wildman–Crippen MR) is 104 cm³/mol. The molecule has 2 aromatic heterocycles. The zero-order valence-corrected chi connectivity index (χ0v) is 15.5. The molecule has 4 aromatic rings. The fourth-order valence-corrected chi connectivity index (χ4v) is 2.78. The van der Waals surface area contributed by atoms with Gasteiger partial charge in [-0.3, -0.25) is 4.79 Å². The largest absolute Gasteiger partial charge is 0.461 e. The first kappa shape index (κ1) is 18.6. The molecule has 0 aliphatic rings. The topological polar surface area (TPSA) is 70.2 Å². The highest BCUT2D eigenvalue weighted by atomic mass is 19.1. The summed E-state index contributed by atoms with van der Waals surface area (Å²) in [6, 6.07) is 15.4. The van der Waals surface area contributed by atoms with Crippen LogP contribution in [-0.4, -0.2) is 20.7 Å². The van der Waals surface area contributed by atoms with Gasteiger partial charge in [-0.15, -0.1) is 0 Å². The van der Waals surface area contributed by atoms with E-state index in [2.05, 4.69) is 10.1 Å². The molecule has 146 valence electrons. The maximum absolute atomic E-state index is 13.0. The molecule has 0 fully saturated rings. The van der Waals surface area contributed by atoms with E-state index in [1.54, 1.807) is 29.2 Å². The molecule has 0 spiro atoms. The minimum absolute atomic E-state index is 0.161. The lowest BCUT2D eigenvalue weighted by molar-refractivity contribution is -0.145. The molecule has 0 aliphatic heterocycles. The van der Waals surface area contributed by atoms with Gasteiger partial charge in [0.2, 0.25) is 0 Å². The van der Waals surface area contributed by atoms with Gasteiger partial charge >= 0.3 is 5.97 Å². The van der Waals surface area contributed by atoms with Crippen LogP contribution in [0.2, 0.25) is 0 Å². The first-order valence-corrected chi connectivity index (χ1v) is 9.12. The van der Waals surface area contributed by atoms with Gasteiger partial charge < -0.3 is 9.15 Å². The Labute approximate surface area is 166 Å². The Morgan fingerprint density at radius 1 is 1.10 bits per heavy atom. The normalized spacial score (nSPS) is 10.8. The Morgan fingerprint density at radius 2 is 1.90 bits per heavy atom. The predicted octanol–water partition coefficient (Wildman–Crippen LogP) is 4.34. The molecule has 6 nitrogen and oxygen atoms in total. The van der Waals surface area contributed by atoms with Crippen molar-refractivity contribution in [3.63, 3.8) is 0 Å². The summed E-state index contributed by atoms with van der Waals surface area (Å²) in [6.45, 7) is 0.199. The third-order valence-corrected chi connectivity index (χ3v) is 4.33. The highest BCUT2D eigenvalue weighted by molar-refractivity contribution is 5.69. The molecule has 7 heteroatoms. The van der Waals surface area contributed by atoms with Crippen molar-refractivity contribution in [1.29, 1.82) is 0 Å². The molecular weight excluding hydrogens is 373 g/mol. The zero-order valence-electron chi connectivity index (χ0n) is 15.5. The number of oxazole rings is 1. The number of nitrogens with zero attached hydrogens (tertiary/aromatic N) is 3. The van der Waals surface area contributed by atoms with Crippen molar-refractivity contribution in [2.75, 3.05) is 0 Å². The molecule has 0 atom stereocenters. The van der Waals surface area contributed by atoms with Crippen molar-refractivity contribution in [2.24, 2.45) is 0 Å². The fourth-order valence-electron chi connectivity index (χ4n) is 2.78. The number of hydrogen-bond acceptors (Lipinski definition) is 5. The minimum atomic E-state index is -0.331. The molecule has 0 unspecified atom stereocenters. The lowest BCUT2D eigenvalue weighted by Gasteiger charge is -2.06. The second-order valence-corrected chi connectivity index (χ2v) is 6.40. The lowest BCUT2D eigenvalue weighted by Crippen LogP contribution is -2.06. The van der Waals surface area contributed by atoms with Gasteiger partial charge in [0.25, 0.3) is 0 Å². The zero-order chi connectivity index (χ0) is 20.1. The highest BCUT2D eigenvalue weighted by Gasteiger charge is 2.10. The quantitative estimate of drug-likeness (QED) is 0.438. The van der Waals surface area contributed by atoms with Crippen molar-refractivity contribution < 1.29 is 18.3 Å². The molecule has 0 saturated carbocycles. The van der Waals surface area contributed by atoms with Crippen LogP contribution in [0.4, 0.5) is 4.39 Å². The first-order chi connectivity index (χ1) is 14.2.